The fraction of sp³-hybridized carbons (Fsp3) is 0.417. The molecule has 2 atom stereocenters. The maximum atomic E-state index is 13.5. The van der Waals surface area contributed by atoms with Gasteiger partial charge in [-0.25, -0.2) is 18.7 Å². The van der Waals surface area contributed by atoms with Gasteiger partial charge < -0.3 is 19.5 Å². The fourth-order valence-corrected chi connectivity index (χ4v) is 4.02. The van der Waals surface area contributed by atoms with Crippen LogP contribution in [0.3, 0.4) is 0 Å². The lowest BCUT2D eigenvalue weighted by molar-refractivity contribution is 0.0877. The number of nitrogens with zero attached hydrogens (tertiary/aromatic N) is 2. The molecule has 0 radical (unpaired) electrons. The Labute approximate surface area is 184 Å². The van der Waals surface area contributed by atoms with E-state index in [-0.39, 0.29) is 12.5 Å². The van der Waals surface area contributed by atoms with Crippen molar-refractivity contribution in [2.45, 2.75) is 38.2 Å². The largest absolute Gasteiger partial charge is 0.487 e. The van der Waals surface area contributed by atoms with Crippen LogP contribution >= 0.6 is 0 Å². The zero-order valence-corrected chi connectivity index (χ0v) is 18.0. The number of fused-ring (bicyclic) bond motifs is 2. The van der Waals surface area contributed by atoms with Crippen molar-refractivity contribution in [3.63, 3.8) is 0 Å². The van der Waals surface area contributed by atoms with Gasteiger partial charge in [0, 0.05) is 23.9 Å². The first-order chi connectivity index (χ1) is 15.4. The van der Waals surface area contributed by atoms with E-state index in [1.165, 1.54) is 0 Å². The van der Waals surface area contributed by atoms with Crippen LogP contribution in [0.1, 0.15) is 42.3 Å². The van der Waals surface area contributed by atoms with Gasteiger partial charge in [-0.05, 0) is 31.0 Å². The SMILES string of the molecule is Cc1nc(N[C@H](C)c2cccc(C3CC3(F)F)c2)c2cc3c(cc2n1)OCCOCCO3. The van der Waals surface area contributed by atoms with Crippen LogP contribution in [0.25, 0.3) is 10.9 Å². The van der Waals surface area contributed by atoms with E-state index in [2.05, 4.69) is 15.3 Å². The minimum Gasteiger partial charge on any atom is -0.487 e. The van der Waals surface area contributed by atoms with Gasteiger partial charge in [0.2, 0.25) is 0 Å². The zero-order chi connectivity index (χ0) is 22.3. The Morgan fingerprint density at radius 1 is 1.03 bits per heavy atom. The van der Waals surface area contributed by atoms with E-state index in [4.69, 9.17) is 14.2 Å². The normalized spacial score (nSPS) is 20.7. The predicted octanol–water partition coefficient (Wildman–Crippen LogP) is 5.02. The minimum atomic E-state index is -2.59. The van der Waals surface area contributed by atoms with Crippen molar-refractivity contribution >= 4 is 16.7 Å². The number of aryl methyl sites for hydroxylation is 1. The van der Waals surface area contributed by atoms with E-state index in [0.717, 1.165) is 16.5 Å². The molecule has 3 aromatic rings. The lowest BCUT2D eigenvalue weighted by Crippen LogP contribution is -2.10. The molecule has 168 valence electrons. The Kier molecular flexibility index (Phi) is 5.33. The maximum absolute atomic E-state index is 13.5. The predicted molar refractivity (Wildman–Crippen MR) is 117 cm³/mol. The van der Waals surface area contributed by atoms with Crippen LogP contribution in [-0.4, -0.2) is 42.3 Å². The van der Waals surface area contributed by atoms with Gasteiger partial charge in [-0.3, -0.25) is 0 Å². The highest BCUT2D eigenvalue weighted by Crippen LogP contribution is 2.55. The first kappa shape index (κ1) is 20.9. The number of hydrogen-bond acceptors (Lipinski definition) is 6. The number of aromatic nitrogens is 2. The molecule has 1 unspecified atom stereocenters. The number of rotatable bonds is 4. The zero-order valence-electron chi connectivity index (χ0n) is 18.0. The quantitative estimate of drug-likeness (QED) is 0.613. The molecule has 1 aliphatic heterocycles. The molecule has 2 aromatic carbocycles. The smallest absolute Gasteiger partial charge is 0.255 e. The van der Waals surface area contributed by atoms with Gasteiger partial charge in [-0.2, -0.15) is 0 Å². The molecule has 2 aliphatic rings. The summed E-state index contributed by atoms with van der Waals surface area (Å²) in [6.07, 6.45) is -0.0772. The van der Waals surface area contributed by atoms with E-state index in [0.29, 0.717) is 55.1 Å². The summed E-state index contributed by atoms with van der Waals surface area (Å²) in [6, 6.07) is 11.0. The third-order valence-corrected chi connectivity index (χ3v) is 5.84. The molecular weight excluding hydrogens is 416 g/mol. The van der Waals surface area contributed by atoms with Crippen molar-refractivity contribution in [3.05, 3.63) is 53.3 Å². The standard InChI is InChI=1S/C24H25F2N3O3/c1-14(16-4-3-5-17(10-16)19-13-24(19,25)26)27-23-18-11-21-22(12-20(18)28-15(2)29-23)32-9-7-30-6-8-31-21/h3-5,10-12,14,19H,6-9,13H2,1-2H3,(H,27,28,29)/t14-,19?/m1/s1. The second kappa shape index (κ2) is 8.16. The summed E-state index contributed by atoms with van der Waals surface area (Å²) in [5.74, 6) is -0.753. The van der Waals surface area contributed by atoms with Gasteiger partial charge in [0.05, 0.1) is 24.6 Å². The third kappa shape index (κ3) is 4.19. The average Bonchev–Trinajstić information content (AvgIpc) is 3.37. The van der Waals surface area contributed by atoms with Crippen LogP contribution in [0.5, 0.6) is 11.5 Å². The van der Waals surface area contributed by atoms with E-state index in [1.807, 2.05) is 44.2 Å². The molecular formula is C24H25F2N3O3. The number of nitrogens with one attached hydrogen (secondary N) is 1. The van der Waals surface area contributed by atoms with E-state index < -0.39 is 11.8 Å². The molecule has 1 saturated carbocycles. The molecule has 2 heterocycles. The van der Waals surface area contributed by atoms with Gasteiger partial charge in [0.25, 0.3) is 5.92 Å². The van der Waals surface area contributed by atoms with Crippen molar-refractivity contribution in [3.8, 4) is 11.5 Å². The van der Waals surface area contributed by atoms with Crippen LogP contribution in [0.2, 0.25) is 0 Å². The first-order valence-corrected chi connectivity index (χ1v) is 10.8. The van der Waals surface area contributed by atoms with Crippen molar-refractivity contribution in [2.24, 2.45) is 0 Å². The Hall–Kier alpha value is -3.00. The number of hydrogen-bond donors (Lipinski definition) is 1. The lowest BCUT2D eigenvalue weighted by Gasteiger charge is -2.19. The minimum absolute atomic E-state index is 0.0772. The molecule has 5 rings (SSSR count). The van der Waals surface area contributed by atoms with Crippen molar-refractivity contribution in [2.75, 3.05) is 31.7 Å². The van der Waals surface area contributed by atoms with E-state index in [9.17, 15) is 8.78 Å². The van der Waals surface area contributed by atoms with Crippen LogP contribution < -0.4 is 14.8 Å². The number of anilines is 1. The van der Waals surface area contributed by atoms with Crippen LogP contribution in [0.15, 0.2) is 36.4 Å². The molecule has 1 N–H and O–H groups in total. The Balaban J connectivity index is 1.46. The molecule has 8 heteroatoms. The number of halogens is 2. The van der Waals surface area contributed by atoms with Gasteiger partial charge in [-0.1, -0.05) is 24.3 Å². The van der Waals surface area contributed by atoms with Crippen LogP contribution in [0.4, 0.5) is 14.6 Å². The maximum Gasteiger partial charge on any atom is 0.255 e. The fourth-order valence-electron chi connectivity index (χ4n) is 4.02. The van der Waals surface area contributed by atoms with Crippen LogP contribution in [0, 0.1) is 6.92 Å². The molecule has 1 aliphatic carbocycles. The second-order valence-corrected chi connectivity index (χ2v) is 8.30. The average molecular weight is 441 g/mol. The highest BCUT2D eigenvalue weighted by Gasteiger charge is 2.57. The highest BCUT2D eigenvalue weighted by atomic mass is 19.3. The molecule has 1 fully saturated rings. The second-order valence-electron chi connectivity index (χ2n) is 8.30. The van der Waals surface area contributed by atoms with Crippen molar-refractivity contribution in [1.29, 1.82) is 0 Å². The molecule has 0 spiro atoms. The molecule has 0 bridgehead atoms. The summed E-state index contributed by atoms with van der Waals surface area (Å²) in [7, 11) is 0. The molecule has 1 aromatic heterocycles. The highest BCUT2D eigenvalue weighted by molar-refractivity contribution is 5.92. The Morgan fingerprint density at radius 2 is 1.75 bits per heavy atom. The number of alkyl halides is 2. The lowest BCUT2D eigenvalue weighted by atomic mass is 10.0. The van der Waals surface area contributed by atoms with Crippen molar-refractivity contribution < 1.29 is 23.0 Å². The number of benzene rings is 2. The van der Waals surface area contributed by atoms with E-state index >= 15 is 0 Å². The van der Waals surface area contributed by atoms with Crippen molar-refractivity contribution in [1.82, 2.24) is 9.97 Å². The molecule has 6 nitrogen and oxygen atoms in total. The summed E-state index contributed by atoms with van der Waals surface area (Å²) in [5.41, 5.74) is 2.34. The third-order valence-electron chi connectivity index (χ3n) is 5.84. The molecule has 0 amide bonds. The Bertz CT molecular complexity index is 1150. The van der Waals surface area contributed by atoms with E-state index in [1.54, 1.807) is 6.07 Å². The summed E-state index contributed by atoms with van der Waals surface area (Å²) in [5, 5.41) is 4.24. The topological polar surface area (TPSA) is 65.5 Å². The molecule has 32 heavy (non-hydrogen) atoms. The summed E-state index contributed by atoms with van der Waals surface area (Å²) in [4.78, 5) is 9.17. The van der Waals surface area contributed by atoms with Crippen LogP contribution in [-0.2, 0) is 4.74 Å². The molecule has 0 saturated heterocycles. The van der Waals surface area contributed by atoms with Gasteiger partial charge in [0.1, 0.15) is 24.9 Å². The summed E-state index contributed by atoms with van der Waals surface area (Å²) >= 11 is 0. The Morgan fingerprint density at radius 3 is 2.47 bits per heavy atom. The van der Waals surface area contributed by atoms with Gasteiger partial charge in [0.15, 0.2) is 11.5 Å². The summed E-state index contributed by atoms with van der Waals surface area (Å²) in [6.45, 7) is 5.67. The monoisotopic (exact) mass is 441 g/mol. The van der Waals surface area contributed by atoms with Gasteiger partial charge in [-0.15, -0.1) is 0 Å². The van der Waals surface area contributed by atoms with Gasteiger partial charge >= 0.3 is 0 Å². The number of ether oxygens (including phenoxy) is 3. The first-order valence-electron chi connectivity index (χ1n) is 10.8. The summed E-state index contributed by atoms with van der Waals surface area (Å²) < 4.78 is 44.2.